The van der Waals surface area contributed by atoms with Gasteiger partial charge < -0.3 is 4.90 Å². The molecule has 0 spiro atoms. The molecule has 29 heavy (non-hydrogen) atoms. The molecule has 0 aliphatic carbocycles. The number of amides is 2. The van der Waals surface area contributed by atoms with Gasteiger partial charge in [-0.1, -0.05) is 18.2 Å². The van der Waals surface area contributed by atoms with E-state index in [0.717, 1.165) is 29.8 Å². The summed E-state index contributed by atoms with van der Waals surface area (Å²) in [7, 11) is 0. The molecule has 0 saturated carbocycles. The molecule has 148 valence electrons. The average molecular weight is 406 g/mol. The van der Waals surface area contributed by atoms with E-state index in [4.69, 9.17) is 12.2 Å². The van der Waals surface area contributed by atoms with Gasteiger partial charge in [0.2, 0.25) is 0 Å². The summed E-state index contributed by atoms with van der Waals surface area (Å²) in [5.41, 5.74) is 4.76. The molecule has 0 aromatic heterocycles. The molecule has 2 amide bonds. The molecule has 0 atom stereocenters. The topological polar surface area (TPSA) is 52.7 Å². The van der Waals surface area contributed by atoms with Gasteiger partial charge in [0.25, 0.3) is 11.8 Å². The van der Waals surface area contributed by atoms with E-state index in [1.807, 2.05) is 56.3 Å². The lowest BCUT2D eigenvalue weighted by atomic mass is 10.1. The molecule has 2 aromatic rings. The van der Waals surface area contributed by atoms with E-state index < -0.39 is 11.8 Å². The highest BCUT2D eigenvalue weighted by molar-refractivity contribution is 7.80. The van der Waals surface area contributed by atoms with Crippen molar-refractivity contribution < 1.29 is 9.59 Å². The van der Waals surface area contributed by atoms with Crippen LogP contribution in [0.15, 0.2) is 48.0 Å². The number of carbonyl (C=O) groups is 2. The summed E-state index contributed by atoms with van der Waals surface area (Å²) in [6.07, 6.45) is 4.06. The first-order chi connectivity index (χ1) is 13.9. The smallest absolute Gasteiger partial charge is 0.270 e. The van der Waals surface area contributed by atoms with Crippen LogP contribution in [0.5, 0.6) is 0 Å². The van der Waals surface area contributed by atoms with E-state index in [9.17, 15) is 9.59 Å². The number of benzene rings is 2. The molecule has 0 radical (unpaired) electrons. The first-order valence-corrected chi connectivity index (χ1v) is 10.2. The van der Waals surface area contributed by atoms with Crippen molar-refractivity contribution in [1.29, 1.82) is 0 Å². The fourth-order valence-electron chi connectivity index (χ4n) is 3.90. The molecule has 4 rings (SSSR count). The molecule has 5 nitrogen and oxygen atoms in total. The van der Waals surface area contributed by atoms with Crippen LogP contribution in [0.2, 0.25) is 0 Å². The van der Waals surface area contributed by atoms with Crippen LogP contribution in [-0.4, -0.2) is 30.0 Å². The number of hydrogen-bond acceptors (Lipinski definition) is 4. The third-order valence-corrected chi connectivity index (χ3v) is 5.53. The fourth-order valence-corrected chi connectivity index (χ4v) is 4.18. The molecule has 2 heterocycles. The zero-order chi connectivity index (χ0) is 20.5. The van der Waals surface area contributed by atoms with Gasteiger partial charge in [0.05, 0.1) is 5.69 Å². The summed E-state index contributed by atoms with van der Waals surface area (Å²) in [4.78, 5) is 29.4. The van der Waals surface area contributed by atoms with Gasteiger partial charge in [0.1, 0.15) is 5.57 Å². The van der Waals surface area contributed by atoms with Crippen molar-refractivity contribution in [2.45, 2.75) is 26.7 Å². The van der Waals surface area contributed by atoms with Gasteiger partial charge >= 0.3 is 0 Å². The van der Waals surface area contributed by atoms with Crippen molar-refractivity contribution in [2.75, 3.05) is 22.9 Å². The summed E-state index contributed by atoms with van der Waals surface area (Å²) in [6.45, 7) is 6.07. The van der Waals surface area contributed by atoms with E-state index in [2.05, 4.69) is 10.2 Å². The normalized spacial score (nSPS) is 18.6. The van der Waals surface area contributed by atoms with Crippen molar-refractivity contribution >= 4 is 46.6 Å². The number of rotatable bonds is 3. The van der Waals surface area contributed by atoms with Gasteiger partial charge in [-0.3, -0.25) is 19.8 Å². The largest absolute Gasteiger partial charge is 0.372 e. The fraction of sp³-hybridized carbons (Fsp3) is 0.261. The Hall–Kier alpha value is -2.99. The molecule has 2 aliphatic rings. The minimum Gasteiger partial charge on any atom is -0.372 e. The number of anilines is 2. The number of carbonyl (C=O) groups excluding carboxylic acids is 2. The van der Waals surface area contributed by atoms with Gasteiger partial charge in [0, 0.05) is 18.8 Å². The number of thiocarbonyl (C=S) groups is 1. The van der Waals surface area contributed by atoms with Crippen LogP contribution < -0.4 is 15.1 Å². The molecule has 1 N–H and O–H groups in total. The molecule has 0 unspecified atom stereocenters. The van der Waals surface area contributed by atoms with Crippen LogP contribution in [0.1, 0.15) is 29.5 Å². The van der Waals surface area contributed by atoms with Crippen molar-refractivity contribution in [2.24, 2.45) is 0 Å². The van der Waals surface area contributed by atoms with E-state index in [1.165, 1.54) is 23.4 Å². The molecule has 2 aliphatic heterocycles. The lowest BCUT2D eigenvalue weighted by molar-refractivity contribution is -0.122. The maximum atomic E-state index is 13.2. The van der Waals surface area contributed by atoms with Crippen molar-refractivity contribution in [3.8, 4) is 0 Å². The summed E-state index contributed by atoms with van der Waals surface area (Å²) < 4.78 is 0. The summed E-state index contributed by atoms with van der Waals surface area (Å²) in [5.74, 6) is -0.878. The summed E-state index contributed by atoms with van der Waals surface area (Å²) in [5, 5.41) is 2.75. The predicted molar refractivity (Wildman–Crippen MR) is 120 cm³/mol. The molecule has 6 heteroatoms. The Morgan fingerprint density at radius 1 is 0.931 bits per heavy atom. The average Bonchev–Trinajstić information content (AvgIpc) is 3.19. The second-order valence-corrected chi connectivity index (χ2v) is 7.98. The highest BCUT2D eigenvalue weighted by Gasteiger charge is 2.34. The molecule has 2 fully saturated rings. The quantitative estimate of drug-likeness (QED) is 0.480. The minimum absolute atomic E-state index is 0.0756. The standard InChI is InChI=1S/C23H23N3O2S/c1-15-11-16(2)13-19(12-15)26-22(28)20(21(27)24-23(26)29)14-17-5-7-18(8-6-17)25-9-3-4-10-25/h5-8,11-14H,3-4,9-10H2,1-2H3,(H,24,27,29)/b20-14+. The number of nitrogens with one attached hydrogen (secondary N) is 1. The van der Waals surface area contributed by atoms with Gasteiger partial charge in [-0.2, -0.15) is 0 Å². The van der Waals surface area contributed by atoms with E-state index >= 15 is 0 Å². The predicted octanol–water partition coefficient (Wildman–Crippen LogP) is 3.73. The monoisotopic (exact) mass is 405 g/mol. The number of aryl methyl sites for hydroxylation is 2. The van der Waals surface area contributed by atoms with Gasteiger partial charge in [-0.05, 0) is 85.9 Å². The van der Waals surface area contributed by atoms with E-state index in [0.29, 0.717) is 5.69 Å². The third kappa shape index (κ3) is 3.93. The molecule has 2 saturated heterocycles. The summed E-state index contributed by atoms with van der Waals surface area (Å²) in [6, 6.07) is 13.8. The Morgan fingerprint density at radius 2 is 1.55 bits per heavy atom. The van der Waals surface area contributed by atoms with E-state index in [-0.39, 0.29) is 10.7 Å². The van der Waals surface area contributed by atoms with Crippen molar-refractivity contribution in [3.05, 3.63) is 64.7 Å². The van der Waals surface area contributed by atoms with E-state index in [1.54, 1.807) is 6.08 Å². The van der Waals surface area contributed by atoms with Crippen LogP contribution in [-0.2, 0) is 9.59 Å². The first kappa shape index (κ1) is 19.3. The Labute approximate surface area is 176 Å². The second kappa shape index (κ2) is 7.79. The lowest BCUT2D eigenvalue weighted by Crippen LogP contribution is -2.54. The number of nitrogens with zero attached hydrogens (tertiary/aromatic N) is 2. The molecule has 0 bridgehead atoms. The van der Waals surface area contributed by atoms with Gasteiger partial charge in [-0.25, -0.2) is 0 Å². The van der Waals surface area contributed by atoms with Crippen LogP contribution in [0.3, 0.4) is 0 Å². The van der Waals surface area contributed by atoms with Crippen molar-refractivity contribution in [3.63, 3.8) is 0 Å². The highest BCUT2D eigenvalue weighted by Crippen LogP contribution is 2.25. The molecular weight excluding hydrogens is 382 g/mol. The van der Waals surface area contributed by atoms with Crippen LogP contribution >= 0.6 is 12.2 Å². The van der Waals surface area contributed by atoms with Crippen LogP contribution in [0.4, 0.5) is 11.4 Å². The minimum atomic E-state index is -0.468. The Bertz CT molecular complexity index is 1000. The zero-order valence-electron chi connectivity index (χ0n) is 16.6. The SMILES string of the molecule is Cc1cc(C)cc(N2C(=O)/C(=C/c3ccc(N4CCCC4)cc3)C(=O)NC2=S)c1. The maximum absolute atomic E-state index is 13.2. The van der Waals surface area contributed by atoms with Gasteiger partial charge in [0.15, 0.2) is 5.11 Å². The Morgan fingerprint density at radius 3 is 2.17 bits per heavy atom. The Kier molecular flexibility index (Phi) is 5.20. The third-order valence-electron chi connectivity index (χ3n) is 5.24. The van der Waals surface area contributed by atoms with Crippen LogP contribution in [0, 0.1) is 13.8 Å². The lowest BCUT2D eigenvalue weighted by Gasteiger charge is -2.29. The molecular formula is C23H23N3O2S. The number of hydrogen-bond donors (Lipinski definition) is 1. The first-order valence-electron chi connectivity index (χ1n) is 9.77. The zero-order valence-corrected chi connectivity index (χ0v) is 17.4. The maximum Gasteiger partial charge on any atom is 0.270 e. The Balaban J connectivity index is 1.64. The van der Waals surface area contributed by atoms with Gasteiger partial charge in [-0.15, -0.1) is 0 Å². The summed E-state index contributed by atoms with van der Waals surface area (Å²) >= 11 is 5.29. The van der Waals surface area contributed by atoms with Crippen LogP contribution in [0.25, 0.3) is 6.08 Å². The second-order valence-electron chi connectivity index (χ2n) is 7.59. The highest BCUT2D eigenvalue weighted by atomic mass is 32.1. The molecule has 2 aromatic carbocycles. The van der Waals surface area contributed by atoms with Crippen molar-refractivity contribution in [1.82, 2.24) is 5.32 Å².